The minimum atomic E-state index is -0.268. The number of anilines is 1. The molecule has 0 spiro atoms. The van der Waals surface area contributed by atoms with Crippen LogP contribution in [0.1, 0.15) is 5.56 Å². The Balaban J connectivity index is 2.16. The van der Waals surface area contributed by atoms with E-state index in [1.165, 1.54) is 12.1 Å². The number of halogens is 3. The average Bonchev–Trinajstić information content (AvgIpc) is 2.41. The molecule has 2 nitrogen and oxygen atoms in total. The molecule has 0 atom stereocenters. The molecule has 0 saturated carbocycles. The lowest BCUT2D eigenvalue weighted by Gasteiger charge is -2.11. The van der Waals surface area contributed by atoms with Crippen LogP contribution in [0.15, 0.2) is 45.3 Å². The van der Waals surface area contributed by atoms with Gasteiger partial charge in [0.25, 0.3) is 0 Å². The topological polar surface area (TPSA) is 21.3 Å². The maximum Gasteiger partial charge on any atom is 0.125 e. The van der Waals surface area contributed by atoms with Crippen LogP contribution in [0.3, 0.4) is 0 Å². The number of methoxy groups -OCH3 is 1. The monoisotopic (exact) mass is 387 g/mol. The zero-order valence-corrected chi connectivity index (χ0v) is 13.4. The molecule has 0 bridgehead atoms. The number of hydrogen-bond donors (Lipinski definition) is 1. The second-order valence-electron chi connectivity index (χ2n) is 3.94. The van der Waals surface area contributed by atoms with Crippen molar-refractivity contribution in [2.24, 2.45) is 0 Å². The average molecular weight is 389 g/mol. The van der Waals surface area contributed by atoms with Gasteiger partial charge in [-0.05, 0) is 57.9 Å². The van der Waals surface area contributed by atoms with Gasteiger partial charge >= 0.3 is 0 Å². The van der Waals surface area contributed by atoms with Gasteiger partial charge in [-0.25, -0.2) is 4.39 Å². The number of nitrogens with one attached hydrogen (secondary N) is 1. The van der Waals surface area contributed by atoms with E-state index >= 15 is 0 Å². The third-order valence-corrected chi connectivity index (χ3v) is 4.12. The van der Waals surface area contributed by atoms with Crippen LogP contribution in [0.2, 0.25) is 0 Å². The molecule has 0 heterocycles. The van der Waals surface area contributed by atoms with Gasteiger partial charge in [0.15, 0.2) is 0 Å². The zero-order chi connectivity index (χ0) is 13.8. The molecule has 0 aliphatic rings. The molecular formula is C14H12Br2FNO. The normalized spacial score (nSPS) is 10.3. The maximum absolute atomic E-state index is 13.2. The summed E-state index contributed by atoms with van der Waals surface area (Å²) in [5.74, 6) is 0.522. The lowest BCUT2D eigenvalue weighted by atomic mass is 10.2. The first-order valence-electron chi connectivity index (χ1n) is 5.61. The van der Waals surface area contributed by atoms with E-state index in [0.717, 1.165) is 25.9 Å². The van der Waals surface area contributed by atoms with Crippen LogP contribution in [0, 0.1) is 5.82 Å². The summed E-state index contributed by atoms with van der Waals surface area (Å²) in [5, 5.41) is 3.19. The number of rotatable bonds is 4. The molecule has 2 rings (SSSR count). The van der Waals surface area contributed by atoms with Crippen LogP contribution in [-0.4, -0.2) is 7.11 Å². The third kappa shape index (κ3) is 3.70. The number of benzene rings is 2. The highest BCUT2D eigenvalue weighted by Gasteiger charge is 2.05. The van der Waals surface area contributed by atoms with Crippen LogP contribution >= 0.6 is 31.9 Å². The Kier molecular flexibility index (Phi) is 4.82. The molecule has 5 heteroatoms. The molecule has 0 radical (unpaired) electrons. The highest BCUT2D eigenvalue weighted by atomic mass is 79.9. The van der Waals surface area contributed by atoms with Crippen LogP contribution in [-0.2, 0) is 6.54 Å². The van der Waals surface area contributed by atoms with Gasteiger partial charge in [-0.1, -0.05) is 15.9 Å². The first kappa shape index (κ1) is 14.3. The molecule has 19 heavy (non-hydrogen) atoms. The van der Waals surface area contributed by atoms with Crippen molar-refractivity contribution in [3.05, 3.63) is 56.7 Å². The van der Waals surface area contributed by atoms with Crippen molar-refractivity contribution in [2.75, 3.05) is 12.4 Å². The number of hydrogen-bond acceptors (Lipinski definition) is 2. The molecule has 0 unspecified atom stereocenters. The molecule has 100 valence electrons. The molecule has 0 saturated heterocycles. The van der Waals surface area contributed by atoms with Crippen molar-refractivity contribution in [1.82, 2.24) is 0 Å². The SMILES string of the molecule is COc1ccc(Br)c(CNc2cc(F)ccc2Br)c1. The maximum atomic E-state index is 13.2. The second kappa shape index (κ2) is 6.39. The van der Waals surface area contributed by atoms with Crippen LogP contribution in [0.5, 0.6) is 5.75 Å². The third-order valence-electron chi connectivity index (χ3n) is 2.65. The van der Waals surface area contributed by atoms with Gasteiger partial charge in [-0.15, -0.1) is 0 Å². The van der Waals surface area contributed by atoms with E-state index < -0.39 is 0 Å². The molecule has 0 amide bonds. The highest BCUT2D eigenvalue weighted by molar-refractivity contribution is 9.10. The van der Waals surface area contributed by atoms with Crippen molar-refractivity contribution in [2.45, 2.75) is 6.54 Å². The fraction of sp³-hybridized carbons (Fsp3) is 0.143. The first-order chi connectivity index (χ1) is 9.10. The fourth-order valence-corrected chi connectivity index (χ4v) is 2.41. The second-order valence-corrected chi connectivity index (χ2v) is 5.64. The van der Waals surface area contributed by atoms with E-state index in [9.17, 15) is 4.39 Å². The molecular weight excluding hydrogens is 377 g/mol. The van der Waals surface area contributed by atoms with Crippen LogP contribution in [0.4, 0.5) is 10.1 Å². The van der Waals surface area contributed by atoms with Crippen molar-refractivity contribution in [3.63, 3.8) is 0 Å². The molecule has 0 aliphatic carbocycles. The predicted molar refractivity (Wildman–Crippen MR) is 82.1 cm³/mol. The fourth-order valence-electron chi connectivity index (χ4n) is 1.64. The molecule has 1 N–H and O–H groups in total. The van der Waals surface area contributed by atoms with Crippen molar-refractivity contribution in [1.29, 1.82) is 0 Å². The Hall–Kier alpha value is -1.07. The largest absolute Gasteiger partial charge is 0.497 e. The summed E-state index contributed by atoms with van der Waals surface area (Å²) < 4.78 is 20.2. The molecule has 2 aromatic rings. The van der Waals surface area contributed by atoms with E-state index in [1.807, 2.05) is 18.2 Å². The van der Waals surface area contributed by atoms with Crippen molar-refractivity contribution < 1.29 is 9.13 Å². The van der Waals surface area contributed by atoms with Gasteiger partial charge in [-0.3, -0.25) is 0 Å². The van der Waals surface area contributed by atoms with Crippen molar-refractivity contribution >= 4 is 37.5 Å². The molecule has 0 aromatic heterocycles. The zero-order valence-electron chi connectivity index (χ0n) is 10.2. The summed E-state index contributed by atoms with van der Waals surface area (Å²) in [6, 6.07) is 10.3. The predicted octanol–water partition coefficient (Wildman–Crippen LogP) is 4.97. The van der Waals surface area contributed by atoms with E-state index in [2.05, 4.69) is 37.2 Å². The van der Waals surface area contributed by atoms with E-state index in [4.69, 9.17) is 4.74 Å². The van der Waals surface area contributed by atoms with Gasteiger partial charge in [0.05, 0.1) is 12.8 Å². The highest BCUT2D eigenvalue weighted by Crippen LogP contribution is 2.26. The Morgan fingerprint density at radius 1 is 1.11 bits per heavy atom. The van der Waals surface area contributed by atoms with E-state index in [1.54, 1.807) is 13.2 Å². The molecule has 2 aromatic carbocycles. The van der Waals surface area contributed by atoms with Crippen LogP contribution in [0.25, 0.3) is 0 Å². The van der Waals surface area contributed by atoms with Gasteiger partial charge in [0.1, 0.15) is 11.6 Å². The summed E-state index contributed by atoms with van der Waals surface area (Å²) in [5.41, 5.74) is 1.75. The lowest BCUT2D eigenvalue weighted by molar-refractivity contribution is 0.414. The first-order valence-corrected chi connectivity index (χ1v) is 7.20. The standard InChI is InChI=1S/C14H12Br2FNO/c1-19-11-3-5-12(15)9(6-11)8-18-14-7-10(17)2-4-13(14)16/h2-7,18H,8H2,1H3. The summed E-state index contributed by atoms with van der Waals surface area (Å²) in [6.07, 6.45) is 0. The minimum absolute atomic E-state index is 0.268. The minimum Gasteiger partial charge on any atom is -0.497 e. The Bertz CT molecular complexity index is 590. The Morgan fingerprint density at radius 2 is 1.84 bits per heavy atom. The van der Waals surface area contributed by atoms with Gasteiger partial charge in [-0.2, -0.15) is 0 Å². The quantitative estimate of drug-likeness (QED) is 0.798. The lowest BCUT2D eigenvalue weighted by Crippen LogP contribution is -2.01. The Morgan fingerprint density at radius 3 is 2.58 bits per heavy atom. The summed E-state index contributed by atoms with van der Waals surface area (Å²) in [6.45, 7) is 0.569. The van der Waals surface area contributed by atoms with Gasteiger partial charge < -0.3 is 10.1 Å². The summed E-state index contributed by atoms with van der Waals surface area (Å²) >= 11 is 6.87. The Labute approximate surface area is 128 Å². The van der Waals surface area contributed by atoms with Crippen LogP contribution < -0.4 is 10.1 Å². The van der Waals surface area contributed by atoms with Crippen molar-refractivity contribution in [3.8, 4) is 5.75 Å². The van der Waals surface area contributed by atoms with E-state index in [0.29, 0.717) is 6.54 Å². The summed E-state index contributed by atoms with van der Waals surface area (Å²) in [7, 11) is 1.63. The van der Waals surface area contributed by atoms with Gasteiger partial charge in [0.2, 0.25) is 0 Å². The van der Waals surface area contributed by atoms with E-state index in [-0.39, 0.29) is 5.82 Å². The smallest absolute Gasteiger partial charge is 0.125 e. The number of ether oxygens (including phenoxy) is 1. The van der Waals surface area contributed by atoms with Gasteiger partial charge in [0, 0.05) is 15.5 Å². The molecule has 0 aliphatic heterocycles. The molecule has 0 fully saturated rings. The summed E-state index contributed by atoms with van der Waals surface area (Å²) in [4.78, 5) is 0.